The first-order valence-electron chi connectivity index (χ1n) is 10.1. The standard InChI is InChI=1S/C23H24F2O5S/c1-2-12-10-17(27)16(21-20(28)22(29)23(24,25)19(11-26)30-21)9-14(12)8-15-7-13-5-3-4-6-18(13)31-15/h3-7,9-10,19-22,26-29H,2,8,11H2,1H3/t19-,20+,21+,22-/m1/s1. The van der Waals surface area contributed by atoms with Gasteiger partial charge < -0.3 is 25.2 Å². The lowest BCUT2D eigenvalue weighted by Gasteiger charge is -2.42. The maximum Gasteiger partial charge on any atom is 0.303 e. The maximum absolute atomic E-state index is 14.1. The number of rotatable bonds is 5. The van der Waals surface area contributed by atoms with Gasteiger partial charge in [-0.05, 0) is 47.2 Å². The van der Waals surface area contributed by atoms with E-state index in [2.05, 4.69) is 6.07 Å². The van der Waals surface area contributed by atoms with Crippen LogP contribution in [0.4, 0.5) is 8.78 Å². The molecule has 0 radical (unpaired) electrons. The summed E-state index contributed by atoms with van der Waals surface area (Å²) >= 11 is 1.65. The number of aliphatic hydroxyl groups excluding tert-OH is 3. The van der Waals surface area contributed by atoms with Gasteiger partial charge in [-0.2, -0.15) is 0 Å². The molecule has 1 aliphatic rings. The molecule has 8 heteroatoms. The minimum absolute atomic E-state index is 0.105. The average molecular weight is 451 g/mol. The van der Waals surface area contributed by atoms with Crippen molar-refractivity contribution in [3.8, 4) is 5.75 Å². The number of aromatic hydroxyl groups is 1. The highest BCUT2D eigenvalue weighted by molar-refractivity contribution is 7.19. The topological polar surface area (TPSA) is 90.2 Å². The molecule has 2 aromatic carbocycles. The first kappa shape index (κ1) is 22.1. The van der Waals surface area contributed by atoms with Crippen molar-refractivity contribution >= 4 is 21.4 Å². The molecule has 0 bridgehead atoms. The third kappa shape index (κ3) is 3.94. The fraction of sp³-hybridized carbons (Fsp3) is 0.391. The largest absolute Gasteiger partial charge is 0.508 e. The molecule has 1 fully saturated rings. The van der Waals surface area contributed by atoms with E-state index in [1.165, 1.54) is 0 Å². The maximum atomic E-state index is 14.1. The summed E-state index contributed by atoms with van der Waals surface area (Å²) in [6.45, 7) is 0.913. The van der Waals surface area contributed by atoms with Gasteiger partial charge in [-0.15, -0.1) is 11.3 Å². The average Bonchev–Trinajstić information content (AvgIpc) is 3.16. The molecule has 2 heterocycles. The molecule has 0 amide bonds. The Labute approximate surface area is 182 Å². The van der Waals surface area contributed by atoms with Crippen LogP contribution in [0.25, 0.3) is 10.1 Å². The summed E-state index contributed by atoms with van der Waals surface area (Å²) in [5.74, 6) is -4.03. The monoisotopic (exact) mass is 450 g/mol. The van der Waals surface area contributed by atoms with Crippen molar-refractivity contribution in [2.45, 2.75) is 50.1 Å². The molecular weight excluding hydrogens is 426 g/mol. The van der Waals surface area contributed by atoms with Gasteiger partial charge in [0.15, 0.2) is 0 Å². The second-order valence-electron chi connectivity index (χ2n) is 7.80. The fourth-order valence-corrected chi connectivity index (χ4v) is 5.17. The van der Waals surface area contributed by atoms with E-state index >= 15 is 0 Å². The molecule has 31 heavy (non-hydrogen) atoms. The number of aryl methyl sites for hydroxylation is 1. The summed E-state index contributed by atoms with van der Waals surface area (Å²) in [4.78, 5) is 1.09. The van der Waals surface area contributed by atoms with Crippen LogP contribution in [0.5, 0.6) is 5.75 Å². The summed E-state index contributed by atoms with van der Waals surface area (Å²) in [6.07, 6.45) is -6.60. The van der Waals surface area contributed by atoms with Crippen LogP contribution in [0, 0.1) is 0 Å². The van der Waals surface area contributed by atoms with Gasteiger partial charge in [-0.25, -0.2) is 8.78 Å². The van der Waals surface area contributed by atoms with E-state index in [0.29, 0.717) is 12.8 Å². The van der Waals surface area contributed by atoms with Crippen molar-refractivity contribution in [3.63, 3.8) is 0 Å². The molecule has 166 valence electrons. The minimum atomic E-state index is -3.82. The molecule has 0 saturated carbocycles. The Morgan fingerprint density at radius 3 is 2.52 bits per heavy atom. The van der Waals surface area contributed by atoms with Gasteiger partial charge in [0, 0.05) is 21.6 Å². The number of phenols is 1. The molecule has 5 nitrogen and oxygen atoms in total. The summed E-state index contributed by atoms with van der Waals surface area (Å²) in [7, 11) is 0. The fourth-order valence-electron chi connectivity index (χ4n) is 4.08. The first-order chi connectivity index (χ1) is 14.8. The van der Waals surface area contributed by atoms with Crippen molar-refractivity contribution in [2.24, 2.45) is 0 Å². The third-order valence-electron chi connectivity index (χ3n) is 5.81. The van der Waals surface area contributed by atoms with E-state index < -0.39 is 36.9 Å². The van der Waals surface area contributed by atoms with E-state index in [4.69, 9.17) is 4.74 Å². The smallest absolute Gasteiger partial charge is 0.303 e. The second-order valence-corrected chi connectivity index (χ2v) is 8.97. The Balaban J connectivity index is 1.72. The van der Waals surface area contributed by atoms with Gasteiger partial charge in [0.05, 0.1) is 6.61 Å². The van der Waals surface area contributed by atoms with Gasteiger partial charge in [0.25, 0.3) is 0 Å². The molecule has 1 aromatic heterocycles. The van der Waals surface area contributed by atoms with Gasteiger partial charge >= 0.3 is 5.92 Å². The molecule has 0 spiro atoms. The van der Waals surface area contributed by atoms with E-state index in [9.17, 15) is 29.2 Å². The van der Waals surface area contributed by atoms with Gasteiger partial charge in [-0.3, -0.25) is 0 Å². The summed E-state index contributed by atoms with van der Waals surface area (Å²) < 4.78 is 34.7. The molecule has 1 saturated heterocycles. The Hall–Kier alpha value is -2.10. The van der Waals surface area contributed by atoms with Gasteiger partial charge in [0.2, 0.25) is 0 Å². The van der Waals surface area contributed by atoms with Crippen molar-refractivity contribution in [1.82, 2.24) is 0 Å². The van der Waals surface area contributed by atoms with Crippen molar-refractivity contribution in [3.05, 3.63) is 64.0 Å². The molecule has 4 rings (SSSR count). The van der Waals surface area contributed by atoms with Gasteiger partial charge in [-0.1, -0.05) is 25.1 Å². The third-order valence-corrected chi connectivity index (χ3v) is 6.93. The molecular formula is C23H24F2O5S. The number of hydrogen-bond donors (Lipinski definition) is 4. The zero-order valence-electron chi connectivity index (χ0n) is 16.8. The second kappa shape index (κ2) is 8.44. The zero-order chi connectivity index (χ0) is 22.3. The predicted octanol–water partition coefficient (Wildman–Crippen LogP) is 3.55. The summed E-state index contributed by atoms with van der Waals surface area (Å²) in [6, 6.07) is 13.3. The number of halogens is 2. The highest BCUT2D eigenvalue weighted by Gasteiger charge is 2.57. The zero-order valence-corrected chi connectivity index (χ0v) is 17.6. The Kier molecular flexibility index (Phi) is 6.02. The van der Waals surface area contributed by atoms with E-state index in [1.807, 2.05) is 31.2 Å². The Morgan fingerprint density at radius 1 is 1.10 bits per heavy atom. The number of alkyl halides is 2. The minimum Gasteiger partial charge on any atom is -0.508 e. The van der Waals surface area contributed by atoms with Crippen LogP contribution in [0.2, 0.25) is 0 Å². The molecule has 0 unspecified atom stereocenters. The van der Waals surface area contributed by atoms with Crippen LogP contribution >= 0.6 is 11.3 Å². The normalized spacial score (nSPS) is 25.7. The molecule has 0 aliphatic carbocycles. The number of hydrogen-bond acceptors (Lipinski definition) is 6. The van der Waals surface area contributed by atoms with Crippen LogP contribution < -0.4 is 0 Å². The molecule has 4 atom stereocenters. The summed E-state index contributed by atoms with van der Waals surface area (Å²) in [5, 5.41) is 41.3. The van der Waals surface area contributed by atoms with Crippen LogP contribution in [0.1, 0.15) is 34.6 Å². The number of fused-ring (bicyclic) bond motifs is 1. The highest BCUT2D eigenvalue weighted by Crippen LogP contribution is 2.43. The van der Waals surface area contributed by atoms with Crippen LogP contribution in [-0.2, 0) is 17.6 Å². The first-order valence-corrected chi connectivity index (χ1v) is 10.9. The Morgan fingerprint density at radius 2 is 1.84 bits per heavy atom. The lowest BCUT2D eigenvalue weighted by molar-refractivity contribution is -0.296. The number of benzene rings is 2. The summed E-state index contributed by atoms with van der Waals surface area (Å²) in [5.41, 5.74) is 1.85. The number of aliphatic hydroxyl groups is 3. The van der Waals surface area contributed by atoms with Crippen LogP contribution in [-0.4, -0.2) is 51.3 Å². The van der Waals surface area contributed by atoms with E-state index in [1.54, 1.807) is 23.5 Å². The van der Waals surface area contributed by atoms with Crippen LogP contribution in [0.3, 0.4) is 0 Å². The van der Waals surface area contributed by atoms with Crippen LogP contribution in [0.15, 0.2) is 42.5 Å². The molecule has 1 aliphatic heterocycles. The molecule has 3 aromatic rings. The van der Waals surface area contributed by atoms with Crippen molar-refractivity contribution in [2.75, 3.05) is 6.61 Å². The number of ether oxygens (including phenoxy) is 1. The van der Waals surface area contributed by atoms with Crippen molar-refractivity contribution < 1.29 is 33.9 Å². The molecule has 4 N–H and O–H groups in total. The number of thiophene rings is 1. The number of phenolic OH excluding ortho intramolecular Hbond substituents is 1. The van der Waals surface area contributed by atoms with E-state index in [0.717, 1.165) is 26.1 Å². The predicted molar refractivity (Wildman–Crippen MR) is 114 cm³/mol. The van der Waals surface area contributed by atoms with Crippen molar-refractivity contribution in [1.29, 1.82) is 0 Å². The quantitative estimate of drug-likeness (QED) is 0.477. The van der Waals surface area contributed by atoms with E-state index in [-0.39, 0.29) is 11.3 Å². The Bertz CT molecular complexity index is 1050. The lowest BCUT2D eigenvalue weighted by Crippen LogP contribution is -2.59. The lowest BCUT2D eigenvalue weighted by atomic mass is 9.88. The van der Waals surface area contributed by atoms with Gasteiger partial charge in [0.1, 0.15) is 30.2 Å². The SMILES string of the molecule is CCc1cc(O)c([C@@H]2O[C@H](CO)C(F)(F)[C@H](O)[C@H]2O)cc1Cc1cc2ccccc2s1. The highest BCUT2D eigenvalue weighted by atomic mass is 32.1.